The number of halogens is 2. The van der Waals surface area contributed by atoms with Crippen LogP contribution in [0, 0.1) is 0 Å². The number of aromatic nitrogens is 1. The zero-order valence-electron chi connectivity index (χ0n) is 12.4. The summed E-state index contributed by atoms with van der Waals surface area (Å²) in [6.07, 6.45) is 0. The minimum absolute atomic E-state index is 0.0999. The zero-order valence-corrected chi connectivity index (χ0v) is 14.7. The predicted molar refractivity (Wildman–Crippen MR) is 100 cm³/mol. The molecule has 0 bridgehead atoms. The van der Waals surface area contributed by atoms with Crippen molar-refractivity contribution in [3.8, 4) is 0 Å². The molecular formula is C17H8Cl2N2O3S. The normalized spacial score (nSPS) is 11.1. The van der Waals surface area contributed by atoms with Crippen molar-refractivity contribution in [2.75, 3.05) is 5.32 Å². The van der Waals surface area contributed by atoms with Gasteiger partial charge in [0.1, 0.15) is 5.58 Å². The van der Waals surface area contributed by atoms with Crippen LogP contribution in [0.25, 0.3) is 21.2 Å². The van der Waals surface area contributed by atoms with E-state index in [4.69, 9.17) is 27.6 Å². The highest BCUT2D eigenvalue weighted by molar-refractivity contribution is 7.22. The van der Waals surface area contributed by atoms with Crippen LogP contribution >= 0.6 is 34.5 Å². The third-order valence-electron chi connectivity index (χ3n) is 3.48. The van der Waals surface area contributed by atoms with E-state index in [9.17, 15) is 9.59 Å². The molecule has 0 fully saturated rings. The number of nitrogens with one attached hydrogen (secondary N) is 1. The van der Waals surface area contributed by atoms with Crippen LogP contribution < -0.4 is 10.7 Å². The van der Waals surface area contributed by atoms with Crippen LogP contribution in [0.15, 0.2) is 51.7 Å². The van der Waals surface area contributed by atoms with Crippen molar-refractivity contribution in [3.63, 3.8) is 0 Å². The molecule has 0 spiro atoms. The van der Waals surface area contributed by atoms with Crippen LogP contribution in [0.2, 0.25) is 10.0 Å². The molecule has 1 amide bonds. The number of rotatable bonds is 2. The van der Waals surface area contributed by atoms with Crippen molar-refractivity contribution in [1.82, 2.24) is 4.98 Å². The highest BCUT2D eigenvalue weighted by Crippen LogP contribution is 2.28. The average Bonchev–Trinajstić information content (AvgIpc) is 2.96. The van der Waals surface area contributed by atoms with Crippen molar-refractivity contribution in [1.29, 1.82) is 0 Å². The third kappa shape index (κ3) is 3.11. The summed E-state index contributed by atoms with van der Waals surface area (Å²) >= 11 is 13.1. The van der Waals surface area contributed by atoms with E-state index in [1.54, 1.807) is 30.3 Å². The summed E-state index contributed by atoms with van der Waals surface area (Å²) in [6, 6.07) is 11.0. The largest absolute Gasteiger partial charge is 0.451 e. The van der Waals surface area contributed by atoms with Gasteiger partial charge in [-0.1, -0.05) is 34.5 Å². The molecule has 0 saturated carbocycles. The van der Waals surface area contributed by atoms with E-state index in [1.807, 2.05) is 0 Å². The average molecular weight is 391 g/mol. The number of hydrogen-bond acceptors (Lipinski definition) is 5. The predicted octanol–water partition coefficient (Wildman–Crippen LogP) is 4.96. The number of hydrogen-bond donors (Lipinski definition) is 1. The lowest BCUT2D eigenvalue weighted by molar-refractivity contribution is 0.0997. The van der Waals surface area contributed by atoms with Crippen molar-refractivity contribution < 1.29 is 9.21 Å². The van der Waals surface area contributed by atoms with Crippen LogP contribution in [0.3, 0.4) is 0 Å². The van der Waals surface area contributed by atoms with Gasteiger partial charge in [0.15, 0.2) is 16.3 Å². The fourth-order valence-electron chi connectivity index (χ4n) is 2.35. The van der Waals surface area contributed by atoms with Crippen LogP contribution in [-0.4, -0.2) is 10.9 Å². The first kappa shape index (κ1) is 16.1. The summed E-state index contributed by atoms with van der Waals surface area (Å²) < 4.78 is 6.35. The second-order valence-electron chi connectivity index (χ2n) is 5.20. The highest BCUT2D eigenvalue weighted by Gasteiger charge is 2.15. The first-order valence-electron chi connectivity index (χ1n) is 7.10. The quantitative estimate of drug-likeness (QED) is 0.524. The number of fused-ring (bicyclic) bond motifs is 2. The van der Waals surface area contributed by atoms with Gasteiger partial charge >= 0.3 is 0 Å². The molecule has 0 aliphatic heterocycles. The van der Waals surface area contributed by atoms with Gasteiger partial charge in [-0.05, 0) is 36.4 Å². The third-order valence-corrected chi connectivity index (χ3v) is 4.89. The summed E-state index contributed by atoms with van der Waals surface area (Å²) in [5, 5.41) is 4.36. The second kappa shape index (κ2) is 6.15. The smallest absolute Gasteiger partial charge is 0.293 e. The first-order chi connectivity index (χ1) is 12.0. The van der Waals surface area contributed by atoms with Gasteiger partial charge in [-0.2, -0.15) is 0 Å². The van der Waals surface area contributed by atoms with Gasteiger partial charge in [-0.25, -0.2) is 4.98 Å². The molecule has 4 aromatic rings. The molecule has 2 aromatic carbocycles. The Balaban J connectivity index is 1.69. The lowest BCUT2D eigenvalue weighted by Gasteiger charge is -2.03. The molecular weight excluding hydrogens is 383 g/mol. The fourth-order valence-corrected chi connectivity index (χ4v) is 3.66. The van der Waals surface area contributed by atoms with Crippen molar-refractivity contribution in [2.24, 2.45) is 0 Å². The SMILES string of the molecule is O=C(Nc1nc2ccc(Cl)cc2s1)c1cc(=O)c2cc(Cl)ccc2o1. The number of amides is 1. The maximum Gasteiger partial charge on any atom is 0.293 e. The molecule has 0 atom stereocenters. The molecule has 0 aliphatic carbocycles. The number of nitrogens with zero attached hydrogens (tertiary/aromatic N) is 1. The maximum atomic E-state index is 12.4. The van der Waals surface area contributed by atoms with Gasteiger partial charge in [-0.15, -0.1) is 0 Å². The Labute approximate surface area is 154 Å². The summed E-state index contributed by atoms with van der Waals surface area (Å²) in [6.45, 7) is 0. The Bertz CT molecular complexity index is 1200. The maximum absolute atomic E-state index is 12.4. The topological polar surface area (TPSA) is 72.2 Å². The van der Waals surface area contributed by atoms with Gasteiger partial charge < -0.3 is 4.42 Å². The highest BCUT2D eigenvalue weighted by atomic mass is 35.5. The van der Waals surface area contributed by atoms with Crippen LogP contribution in [0.1, 0.15) is 10.6 Å². The molecule has 8 heteroatoms. The summed E-state index contributed by atoms with van der Waals surface area (Å²) in [7, 11) is 0. The lowest BCUT2D eigenvalue weighted by atomic mass is 10.2. The van der Waals surface area contributed by atoms with E-state index in [2.05, 4.69) is 10.3 Å². The van der Waals surface area contributed by atoms with Gasteiger partial charge in [0, 0.05) is 16.1 Å². The number of thiazole rings is 1. The van der Waals surface area contributed by atoms with E-state index in [1.165, 1.54) is 17.4 Å². The zero-order chi connectivity index (χ0) is 17.6. The number of carbonyl (C=O) groups excluding carboxylic acids is 1. The Hall–Kier alpha value is -2.41. The van der Waals surface area contributed by atoms with Gasteiger partial charge in [0.05, 0.1) is 15.6 Å². The monoisotopic (exact) mass is 390 g/mol. The second-order valence-corrected chi connectivity index (χ2v) is 7.10. The number of carbonyl (C=O) groups is 1. The molecule has 1 N–H and O–H groups in total. The van der Waals surface area contributed by atoms with E-state index >= 15 is 0 Å². The molecule has 0 saturated heterocycles. The van der Waals surface area contributed by atoms with E-state index < -0.39 is 5.91 Å². The van der Waals surface area contributed by atoms with Crippen LogP contribution in [-0.2, 0) is 0 Å². The van der Waals surface area contributed by atoms with Gasteiger partial charge in [0.2, 0.25) is 0 Å². The molecule has 0 radical (unpaired) electrons. The summed E-state index contributed by atoms with van der Waals surface area (Å²) in [5.41, 5.74) is 0.669. The van der Waals surface area contributed by atoms with Crippen molar-refractivity contribution in [2.45, 2.75) is 0 Å². The molecule has 2 aromatic heterocycles. The molecule has 0 unspecified atom stereocenters. The lowest BCUT2D eigenvalue weighted by Crippen LogP contribution is -2.14. The van der Waals surface area contributed by atoms with E-state index in [0.29, 0.717) is 20.6 Å². The standard InChI is InChI=1S/C17H8Cl2N2O3S/c18-8-2-4-13-10(5-8)12(22)7-14(24-13)16(23)21-17-20-11-3-1-9(19)6-15(11)25-17/h1-7H,(H,20,21,23). The van der Waals surface area contributed by atoms with Gasteiger partial charge in [0.25, 0.3) is 5.91 Å². The van der Waals surface area contributed by atoms with Crippen molar-refractivity contribution in [3.05, 3.63) is 68.5 Å². The Morgan fingerprint density at radius 3 is 2.68 bits per heavy atom. The summed E-state index contributed by atoms with van der Waals surface area (Å²) in [4.78, 5) is 28.9. The Kier molecular flexibility index (Phi) is 3.95. The molecule has 25 heavy (non-hydrogen) atoms. The number of benzene rings is 2. The first-order valence-corrected chi connectivity index (χ1v) is 8.68. The minimum Gasteiger partial charge on any atom is -0.451 e. The molecule has 4 rings (SSSR count). The Morgan fingerprint density at radius 1 is 1.08 bits per heavy atom. The van der Waals surface area contributed by atoms with Crippen LogP contribution in [0.4, 0.5) is 5.13 Å². The molecule has 2 heterocycles. The summed E-state index contributed by atoms with van der Waals surface area (Å²) in [5.74, 6) is -0.656. The van der Waals surface area contributed by atoms with Crippen molar-refractivity contribution >= 4 is 66.8 Å². The molecule has 0 aliphatic rings. The van der Waals surface area contributed by atoms with E-state index in [0.717, 1.165) is 16.3 Å². The number of anilines is 1. The minimum atomic E-state index is -0.556. The van der Waals surface area contributed by atoms with Crippen LogP contribution in [0.5, 0.6) is 0 Å². The van der Waals surface area contributed by atoms with E-state index in [-0.39, 0.29) is 16.8 Å². The fraction of sp³-hybridized carbons (Fsp3) is 0. The molecule has 124 valence electrons. The molecule has 5 nitrogen and oxygen atoms in total. The Morgan fingerprint density at radius 2 is 1.84 bits per heavy atom. The van der Waals surface area contributed by atoms with Gasteiger partial charge in [-0.3, -0.25) is 14.9 Å².